The molecule has 17 heavy (non-hydrogen) atoms. The van der Waals surface area contributed by atoms with Gasteiger partial charge in [0.2, 0.25) is 0 Å². The maximum Gasteiger partial charge on any atom is 0.339 e. The topological polar surface area (TPSA) is 71.9 Å². The van der Waals surface area contributed by atoms with Crippen molar-refractivity contribution >= 4 is 10.0 Å². The molecule has 1 heterocycles. The van der Waals surface area contributed by atoms with Crippen LogP contribution >= 0.6 is 0 Å². The zero-order chi connectivity index (χ0) is 12.6. The number of nitrogens with one attached hydrogen (secondary N) is 1. The van der Waals surface area contributed by atoms with Crippen molar-refractivity contribution in [3.63, 3.8) is 0 Å². The molecule has 0 unspecified atom stereocenters. The third-order valence-electron chi connectivity index (χ3n) is 2.39. The highest BCUT2D eigenvalue weighted by Crippen LogP contribution is 2.12. The van der Waals surface area contributed by atoms with Crippen molar-refractivity contribution in [3.05, 3.63) is 52.2 Å². The maximum absolute atomic E-state index is 12.1. The van der Waals surface area contributed by atoms with Gasteiger partial charge in [-0.25, -0.2) is 13.2 Å². The van der Waals surface area contributed by atoms with Crippen molar-refractivity contribution in [2.45, 2.75) is 18.7 Å². The van der Waals surface area contributed by atoms with Gasteiger partial charge in [-0.2, -0.15) is 3.97 Å². The SMILES string of the molecule is Cc1ccc(S(=O)(=O)n2cc(C)[nH]c2=O)cc1. The third kappa shape index (κ3) is 2.03. The number of aryl methyl sites for hydroxylation is 2. The Bertz CT molecular complexity index is 693. The minimum absolute atomic E-state index is 0.101. The fraction of sp³-hybridized carbons (Fsp3) is 0.182. The predicted octanol–water partition coefficient (Wildman–Crippen LogP) is 1.03. The number of nitrogens with zero attached hydrogens (tertiary/aromatic N) is 1. The van der Waals surface area contributed by atoms with E-state index in [1.54, 1.807) is 19.1 Å². The Hall–Kier alpha value is -1.82. The summed E-state index contributed by atoms with van der Waals surface area (Å²) in [5.74, 6) is 0. The van der Waals surface area contributed by atoms with Gasteiger partial charge in [-0.15, -0.1) is 0 Å². The summed E-state index contributed by atoms with van der Waals surface area (Å²) in [6.45, 7) is 3.49. The molecule has 1 aromatic carbocycles. The molecule has 0 radical (unpaired) electrons. The summed E-state index contributed by atoms with van der Waals surface area (Å²) in [6, 6.07) is 6.35. The van der Waals surface area contributed by atoms with Crippen LogP contribution in [0.15, 0.2) is 40.2 Å². The standard InChI is InChI=1S/C11H12N2O3S/c1-8-3-5-10(6-4-8)17(15,16)13-7-9(2)12-11(13)14/h3-7H,1-2H3,(H,12,14). The van der Waals surface area contributed by atoms with Gasteiger partial charge in [0.15, 0.2) is 0 Å². The summed E-state index contributed by atoms with van der Waals surface area (Å²) in [5, 5.41) is 0. The van der Waals surface area contributed by atoms with Crippen LogP contribution < -0.4 is 5.69 Å². The Labute approximate surface area is 98.8 Å². The molecule has 0 fully saturated rings. The Morgan fingerprint density at radius 3 is 2.18 bits per heavy atom. The largest absolute Gasteiger partial charge is 0.339 e. The average Bonchev–Trinajstić information content (AvgIpc) is 2.59. The van der Waals surface area contributed by atoms with Crippen molar-refractivity contribution in [2.24, 2.45) is 0 Å². The van der Waals surface area contributed by atoms with Crippen LogP contribution in [0.4, 0.5) is 0 Å². The lowest BCUT2D eigenvalue weighted by molar-refractivity contribution is 0.585. The molecule has 0 aliphatic carbocycles. The lowest BCUT2D eigenvalue weighted by Gasteiger charge is -2.03. The molecule has 2 aromatic rings. The van der Waals surface area contributed by atoms with Crippen molar-refractivity contribution in [3.8, 4) is 0 Å². The monoisotopic (exact) mass is 252 g/mol. The zero-order valence-electron chi connectivity index (χ0n) is 9.47. The highest BCUT2D eigenvalue weighted by Gasteiger charge is 2.19. The van der Waals surface area contributed by atoms with Gasteiger partial charge in [0.25, 0.3) is 10.0 Å². The van der Waals surface area contributed by atoms with Crippen molar-refractivity contribution in [2.75, 3.05) is 0 Å². The number of rotatable bonds is 2. The Morgan fingerprint density at radius 1 is 1.12 bits per heavy atom. The Kier molecular flexibility index (Phi) is 2.66. The quantitative estimate of drug-likeness (QED) is 0.867. The molecule has 1 aromatic heterocycles. The van der Waals surface area contributed by atoms with E-state index < -0.39 is 15.7 Å². The molecule has 5 nitrogen and oxygen atoms in total. The smallest absolute Gasteiger partial charge is 0.309 e. The van der Waals surface area contributed by atoms with Crippen LogP contribution in [0.2, 0.25) is 0 Å². The number of benzene rings is 1. The van der Waals surface area contributed by atoms with E-state index in [-0.39, 0.29) is 4.90 Å². The number of hydrogen-bond donors (Lipinski definition) is 1. The second-order valence-electron chi connectivity index (χ2n) is 3.86. The summed E-state index contributed by atoms with van der Waals surface area (Å²) < 4.78 is 25.0. The van der Waals surface area contributed by atoms with Crippen LogP contribution in [0.5, 0.6) is 0 Å². The molecule has 6 heteroatoms. The number of aromatic amines is 1. The minimum atomic E-state index is -3.79. The number of hydrogen-bond acceptors (Lipinski definition) is 3. The summed E-state index contributed by atoms with van der Waals surface area (Å²) >= 11 is 0. The van der Waals surface area contributed by atoms with Gasteiger partial charge in [0, 0.05) is 11.9 Å². The summed E-state index contributed by atoms with van der Waals surface area (Å²) in [4.78, 5) is 14.0. The van der Waals surface area contributed by atoms with Gasteiger partial charge in [-0.05, 0) is 26.0 Å². The molecule has 0 saturated carbocycles. The molecule has 0 spiro atoms. The van der Waals surface area contributed by atoms with Crippen LogP contribution in [0.3, 0.4) is 0 Å². The molecular weight excluding hydrogens is 240 g/mol. The van der Waals surface area contributed by atoms with E-state index >= 15 is 0 Å². The number of H-pyrrole nitrogens is 1. The predicted molar refractivity (Wildman–Crippen MR) is 63.6 cm³/mol. The molecule has 2 rings (SSSR count). The van der Waals surface area contributed by atoms with Crippen LogP contribution in [-0.4, -0.2) is 17.4 Å². The van der Waals surface area contributed by atoms with Crippen LogP contribution in [0, 0.1) is 13.8 Å². The van der Waals surface area contributed by atoms with E-state index in [0.29, 0.717) is 9.67 Å². The highest BCUT2D eigenvalue weighted by atomic mass is 32.2. The van der Waals surface area contributed by atoms with E-state index in [4.69, 9.17) is 0 Å². The van der Waals surface area contributed by atoms with Gasteiger partial charge < -0.3 is 4.98 Å². The summed E-state index contributed by atoms with van der Waals surface area (Å²) in [7, 11) is -3.79. The second kappa shape index (κ2) is 3.89. The third-order valence-corrected chi connectivity index (χ3v) is 4.05. The van der Waals surface area contributed by atoms with E-state index in [2.05, 4.69) is 4.98 Å². The molecule has 1 N–H and O–H groups in total. The van der Waals surface area contributed by atoms with Crippen LogP contribution in [0.1, 0.15) is 11.3 Å². The van der Waals surface area contributed by atoms with Crippen molar-refractivity contribution in [1.82, 2.24) is 8.96 Å². The lowest BCUT2D eigenvalue weighted by atomic mass is 10.2. The van der Waals surface area contributed by atoms with Gasteiger partial charge >= 0.3 is 5.69 Å². The summed E-state index contributed by atoms with van der Waals surface area (Å²) in [5.41, 5.74) is 0.815. The first-order valence-electron chi connectivity index (χ1n) is 5.02. The summed E-state index contributed by atoms with van der Waals surface area (Å²) in [6.07, 6.45) is 1.28. The lowest BCUT2D eigenvalue weighted by Crippen LogP contribution is -2.24. The Balaban J connectivity index is 2.61. The van der Waals surface area contributed by atoms with Crippen LogP contribution in [0.25, 0.3) is 0 Å². The fourth-order valence-corrected chi connectivity index (χ4v) is 2.76. The normalized spacial score (nSPS) is 11.6. The van der Waals surface area contributed by atoms with E-state index in [1.165, 1.54) is 18.3 Å². The fourth-order valence-electron chi connectivity index (χ4n) is 1.49. The molecular formula is C11H12N2O3S. The zero-order valence-corrected chi connectivity index (χ0v) is 10.3. The minimum Gasteiger partial charge on any atom is -0.309 e. The van der Waals surface area contributed by atoms with Crippen molar-refractivity contribution < 1.29 is 8.42 Å². The molecule has 0 saturated heterocycles. The molecule has 0 atom stereocenters. The number of aromatic nitrogens is 2. The number of imidazole rings is 1. The van der Waals surface area contributed by atoms with Gasteiger partial charge in [-0.3, -0.25) is 0 Å². The molecule has 90 valence electrons. The highest BCUT2D eigenvalue weighted by molar-refractivity contribution is 7.90. The van der Waals surface area contributed by atoms with E-state index in [1.807, 2.05) is 6.92 Å². The van der Waals surface area contributed by atoms with Crippen LogP contribution in [-0.2, 0) is 10.0 Å². The molecule has 0 aliphatic rings. The second-order valence-corrected chi connectivity index (χ2v) is 5.67. The van der Waals surface area contributed by atoms with E-state index in [0.717, 1.165) is 5.56 Å². The van der Waals surface area contributed by atoms with Gasteiger partial charge in [-0.1, -0.05) is 17.7 Å². The maximum atomic E-state index is 12.1. The van der Waals surface area contributed by atoms with Gasteiger partial charge in [0.05, 0.1) is 4.90 Å². The molecule has 0 amide bonds. The van der Waals surface area contributed by atoms with E-state index in [9.17, 15) is 13.2 Å². The first kappa shape index (κ1) is 11.7. The molecule has 0 aliphatic heterocycles. The van der Waals surface area contributed by atoms with Crippen molar-refractivity contribution in [1.29, 1.82) is 0 Å². The first-order valence-corrected chi connectivity index (χ1v) is 6.46. The Morgan fingerprint density at radius 2 is 1.71 bits per heavy atom. The molecule has 0 bridgehead atoms. The average molecular weight is 252 g/mol. The first-order chi connectivity index (χ1) is 7.91. The van der Waals surface area contributed by atoms with Gasteiger partial charge in [0.1, 0.15) is 0 Å².